The van der Waals surface area contributed by atoms with Crippen molar-refractivity contribution in [2.45, 2.75) is 5.75 Å². The summed E-state index contributed by atoms with van der Waals surface area (Å²) in [7, 11) is 1.35. The molecule has 0 unspecified atom stereocenters. The molecule has 0 aliphatic heterocycles. The Hall–Kier alpha value is -0.450. The van der Waals surface area contributed by atoms with Crippen molar-refractivity contribution in [1.29, 1.82) is 0 Å². The summed E-state index contributed by atoms with van der Waals surface area (Å²) in [6.45, 7) is 0. The van der Waals surface area contributed by atoms with Crippen LogP contribution in [0.1, 0.15) is 5.56 Å². The van der Waals surface area contributed by atoms with Crippen molar-refractivity contribution in [3.63, 3.8) is 0 Å². The van der Waals surface area contributed by atoms with Crippen LogP contribution in [-0.2, 0) is 14.8 Å². The van der Waals surface area contributed by atoms with Crippen molar-refractivity contribution in [3.05, 3.63) is 28.8 Å². The van der Waals surface area contributed by atoms with Gasteiger partial charge < -0.3 is 5.11 Å². The summed E-state index contributed by atoms with van der Waals surface area (Å²) in [5.41, 5.74) is 0.197. The number of phenols is 1. The Bertz CT molecular complexity index is 414. The van der Waals surface area contributed by atoms with Crippen LogP contribution in [0.5, 0.6) is 5.75 Å². The van der Waals surface area contributed by atoms with E-state index in [1.54, 1.807) is 0 Å². The number of hydrogen-bond donors (Lipinski definition) is 1. The van der Waals surface area contributed by atoms with Crippen molar-refractivity contribution < 1.29 is 13.5 Å². The summed E-state index contributed by atoms with van der Waals surface area (Å²) in [6, 6.07) is 4.14. The normalized spacial score (nSPS) is 11.5. The molecule has 0 saturated heterocycles. The molecule has 0 bridgehead atoms. The van der Waals surface area contributed by atoms with Crippen molar-refractivity contribution >= 4 is 31.3 Å². The molecule has 1 aromatic rings. The zero-order valence-corrected chi connectivity index (χ0v) is 8.70. The smallest absolute Gasteiger partial charge is 0.236 e. The van der Waals surface area contributed by atoms with Gasteiger partial charge in [-0.15, -0.1) is 0 Å². The molecule has 1 aromatic carbocycles. The van der Waals surface area contributed by atoms with E-state index >= 15 is 0 Å². The van der Waals surface area contributed by atoms with E-state index in [2.05, 4.69) is 0 Å². The Morgan fingerprint density at radius 1 is 1.38 bits per heavy atom. The number of benzene rings is 1. The van der Waals surface area contributed by atoms with E-state index in [0.29, 0.717) is 5.02 Å². The van der Waals surface area contributed by atoms with Crippen LogP contribution in [0, 0.1) is 0 Å². The van der Waals surface area contributed by atoms with Gasteiger partial charge in [-0.1, -0.05) is 11.6 Å². The first-order valence-corrected chi connectivity index (χ1v) is 6.14. The third-order valence-electron chi connectivity index (χ3n) is 1.37. The van der Waals surface area contributed by atoms with Gasteiger partial charge in [0.15, 0.2) is 0 Å². The fourth-order valence-electron chi connectivity index (χ4n) is 0.855. The van der Waals surface area contributed by atoms with Gasteiger partial charge in [-0.25, -0.2) is 8.42 Å². The predicted molar refractivity (Wildman–Crippen MR) is 51.6 cm³/mol. The second-order valence-corrected chi connectivity index (χ2v) is 5.67. The molecule has 0 aliphatic rings. The number of halogens is 2. The second kappa shape index (κ2) is 3.74. The molecule has 0 aliphatic carbocycles. The van der Waals surface area contributed by atoms with Crippen LogP contribution in [0.4, 0.5) is 0 Å². The van der Waals surface area contributed by atoms with E-state index in [-0.39, 0.29) is 11.3 Å². The number of aromatic hydroxyl groups is 1. The molecule has 1 N–H and O–H groups in total. The first-order valence-electron chi connectivity index (χ1n) is 3.28. The quantitative estimate of drug-likeness (QED) is 0.807. The molecule has 6 heteroatoms. The number of hydrogen-bond acceptors (Lipinski definition) is 3. The minimum absolute atomic E-state index is 0.131. The Kier molecular flexibility index (Phi) is 3.05. The van der Waals surface area contributed by atoms with Crippen LogP contribution in [0.2, 0.25) is 5.02 Å². The highest BCUT2D eigenvalue weighted by molar-refractivity contribution is 8.13. The van der Waals surface area contributed by atoms with Gasteiger partial charge in [0, 0.05) is 21.3 Å². The van der Waals surface area contributed by atoms with Gasteiger partial charge in [-0.05, 0) is 18.2 Å². The molecule has 0 atom stereocenters. The van der Waals surface area contributed by atoms with Crippen LogP contribution in [0.25, 0.3) is 0 Å². The minimum Gasteiger partial charge on any atom is -0.508 e. The third kappa shape index (κ3) is 3.42. The van der Waals surface area contributed by atoms with Gasteiger partial charge in [0.2, 0.25) is 9.05 Å². The van der Waals surface area contributed by atoms with Crippen molar-refractivity contribution in [3.8, 4) is 5.75 Å². The summed E-state index contributed by atoms with van der Waals surface area (Å²) < 4.78 is 21.4. The second-order valence-electron chi connectivity index (χ2n) is 2.46. The number of phenolic OH excluding ortho intramolecular Hbond substituents is 1. The Morgan fingerprint density at radius 3 is 2.54 bits per heavy atom. The SMILES string of the molecule is O=S(=O)(Cl)Cc1cc(Cl)ccc1O. The summed E-state index contributed by atoms with van der Waals surface area (Å²) in [5, 5.41) is 9.57. The van der Waals surface area contributed by atoms with E-state index in [0.717, 1.165) is 0 Å². The lowest BCUT2D eigenvalue weighted by Gasteiger charge is -2.01. The predicted octanol–water partition coefficient (Wildman–Crippen LogP) is 2.11. The highest BCUT2D eigenvalue weighted by atomic mass is 35.7. The molecule has 13 heavy (non-hydrogen) atoms. The topological polar surface area (TPSA) is 54.4 Å². The monoisotopic (exact) mass is 240 g/mol. The molecule has 72 valence electrons. The molecule has 0 aromatic heterocycles. The molecular formula is C7H6Cl2O3S. The Morgan fingerprint density at radius 2 is 2.00 bits per heavy atom. The molecule has 0 radical (unpaired) electrons. The maximum absolute atomic E-state index is 10.7. The highest BCUT2D eigenvalue weighted by Crippen LogP contribution is 2.24. The maximum Gasteiger partial charge on any atom is 0.236 e. The first kappa shape index (κ1) is 10.6. The van der Waals surface area contributed by atoms with Crippen LogP contribution in [0.15, 0.2) is 18.2 Å². The summed E-state index contributed by atoms with van der Waals surface area (Å²) in [4.78, 5) is 0. The standard InChI is InChI=1S/C7H6Cl2O3S/c8-6-1-2-7(10)5(3-6)4-13(9,11)12/h1-3,10H,4H2. The van der Waals surface area contributed by atoms with E-state index in [9.17, 15) is 13.5 Å². The summed E-state index contributed by atoms with van der Waals surface area (Å²) >= 11 is 5.60. The Labute approximate surface area is 85.3 Å². The number of rotatable bonds is 2. The molecule has 1 rings (SSSR count). The zero-order valence-electron chi connectivity index (χ0n) is 6.37. The molecule has 0 saturated carbocycles. The van der Waals surface area contributed by atoms with E-state index in [1.807, 2.05) is 0 Å². The average molecular weight is 241 g/mol. The Balaban J connectivity index is 3.08. The van der Waals surface area contributed by atoms with Crippen LogP contribution < -0.4 is 0 Å². The lowest BCUT2D eigenvalue weighted by molar-refractivity contribution is 0.470. The van der Waals surface area contributed by atoms with Gasteiger partial charge in [0.25, 0.3) is 0 Å². The fourth-order valence-corrected chi connectivity index (χ4v) is 2.01. The molecule has 0 heterocycles. The lowest BCUT2D eigenvalue weighted by Crippen LogP contribution is -1.95. The van der Waals surface area contributed by atoms with Crippen molar-refractivity contribution in [2.75, 3.05) is 0 Å². The average Bonchev–Trinajstić information content (AvgIpc) is 1.94. The minimum atomic E-state index is -3.66. The van der Waals surface area contributed by atoms with Crippen LogP contribution >= 0.6 is 22.3 Å². The first-order chi connectivity index (χ1) is 5.88. The van der Waals surface area contributed by atoms with E-state index in [4.69, 9.17) is 22.3 Å². The summed E-state index contributed by atoms with van der Waals surface area (Å²) in [6.07, 6.45) is 0. The van der Waals surface area contributed by atoms with Crippen LogP contribution in [-0.4, -0.2) is 13.5 Å². The van der Waals surface area contributed by atoms with Gasteiger partial charge in [-0.2, -0.15) is 0 Å². The zero-order chi connectivity index (χ0) is 10.1. The molecule has 0 fully saturated rings. The van der Waals surface area contributed by atoms with Gasteiger partial charge in [0.1, 0.15) is 5.75 Å². The van der Waals surface area contributed by atoms with Crippen molar-refractivity contribution in [1.82, 2.24) is 0 Å². The highest BCUT2D eigenvalue weighted by Gasteiger charge is 2.11. The molecule has 3 nitrogen and oxygen atoms in total. The van der Waals surface area contributed by atoms with Gasteiger partial charge in [0.05, 0.1) is 5.75 Å². The largest absolute Gasteiger partial charge is 0.508 e. The molecule has 0 amide bonds. The summed E-state index contributed by atoms with van der Waals surface area (Å²) in [5.74, 6) is -0.561. The van der Waals surface area contributed by atoms with E-state index in [1.165, 1.54) is 18.2 Å². The molecular weight excluding hydrogens is 235 g/mol. The van der Waals surface area contributed by atoms with Crippen LogP contribution in [0.3, 0.4) is 0 Å². The third-order valence-corrected chi connectivity index (χ3v) is 2.59. The molecule has 0 spiro atoms. The van der Waals surface area contributed by atoms with Gasteiger partial charge in [-0.3, -0.25) is 0 Å². The van der Waals surface area contributed by atoms with E-state index < -0.39 is 14.8 Å². The van der Waals surface area contributed by atoms with Crippen molar-refractivity contribution in [2.24, 2.45) is 0 Å². The fraction of sp³-hybridized carbons (Fsp3) is 0.143. The van der Waals surface area contributed by atoms with Gasteiger partial charge >= 0.3 is 0 Å². The lowest BCUT2D eigenvalue weighted by atomic mass is 10.2. The maximum atomic E-state index is 10.7.